The Morgan fingerprint density at radius 2 is 2.12 bits per heavy atom. The molecule has 0 spiro atoms. The first-order chi connectivity index (χ1) is 12.1. The van der Waals surface area contributed by atoms with Crippen molar-refractivity contribution in [3.05, 3.63) is 41.5 Å². The molecule has 1 aromatic heterocycles. The van der Waals surface area contributed by atoms with Gasteiger partial charge in [0.2, 0.25) is 11.8 Å². The van der Waals surface area contributed by atoms with Crippen LogP contribution in [0.25, 0.3) is 0 Å². The van der Waals surface area contributed by atoms with Crippen molar-refractivity contribution in [3.63, 3.8) is 0 Å². The van der Waals surface area contributed by atoms with Crippen molar-refractivity contribution in [2.75, 3.05) is 13.2 Å². The third-order valence-electron chi connectivity index (χ3n) is 5.04. The third kappa shape index (κ3) is 2.90. The number of fused-ring (bicyclic) bond motifs is 1. The second-order valence-corrected chi connectivity index (χ2v) is 7.06. The zero-order valence-corrected chi connectivity index (χ0v) is 14.6. The average molecular weight is 341 g/mol. The Kier molecular flexibility index (Phi) is 4.19. The normalized spacial score (nSPS) is 22.8. The summed E-state index contributed by atoms with van der Waals surface area (Å²) in [5.74, 6) is 2.27. The van der Waals surface area contributed by atoms with Gasteiger partial charge >= 0.3 is 0 Å². The molecule has 0 radical (unpaired) electrons. The molecule has 2 aliphatic heterocycles. The summed E-state index contributed by atoms with van der Waals surface area (Å²) < 4.78 is 11.0. The molecule has 1 saturated heterocycles. The topological polar surface area (TPSA) is 68.5 Å². The van der Waals surface area contributed by atoms with E-state index in [1.807, 2.05) is 43.0 Å². The summed E-state index contributed by atoms with van der Waals surface area (Å²) >= 11 is 0. The van der Waals surface area contributed by atoms with E-state index in [0.29, 0.717) is 24.7 Å². The standard InChI is InChI=1S/C19H23N3O3/c1-12(2)18-20-17(21-25-18)15-7-5-10-22(15)19(23)14-9-11-24-16-8-4-3-6-13(14)16/h3-4,6,8,12,14-15H,5,7,9-11H2,1-2H3/t14-,15+/m0/s1. The van der Waals surface area contributed by atoms with Gasteiger partial charge in [0.15, 0.2) is 5.82 Å². The Balaban J connectivity index is 1.59. The van der Waals surface area contributed by atoms with Crippen LogP contribution in [0, 0.1) is 0 Å². The van der Waals surface area contributed by atoms with Gasteiger partial charge in [0.25, 0.3) is 0 Å². The molecule has 0 bridgehead atoms. The zero-order chi connectivity index (χ0) is 17.4. The number of carbonyl (C=O) groups excluding carboxylic acids is 1. The molecule has 2 atom stereocenters. The van der Waals surface area contributed by atoms with E-state index in [0.717, 1.165) is 30.7 Å². The van der Waals surface area contributed by atoms with Crippen molar-refractivity contribution >= 4 is 5.91 Å². The molecule has 0 saturated carbocycles. The molecule has 0 N–H and O–H groups in total. The summed E-state index contributed by atoms with van der Waals surface area (Å²) in [4.78, 5) is 19.7. The molecule has 1 amide bonds. The van der Waals surface area contributed by atoms with Crippen LogP contribution in [0.3, 0.4) is 0 Å². The van der Waals surface area contributed by atoms with Crippen molar-refractivity contribution in [3.8, 4) is 5.75 Å². The quantitative estimate of drug-likeness (QED) is 0.855. The van der Waals surface area contributed by atoms with Gasteiger partial charge in [-0.05, 0) is 25.3 Å². The highest BCUT2D eigenvalue weighted by atomic mass is 16.5. The molecule has 3 heterocycles. The van der Waals surface area contributed by atoms with Crippen LogP contribution in [0.4, 0.5) is 0 Å². The van der Waals surface area contributed by atoms with E-state index < -0.39 is 0 Å². The van der Waals surface area contributed by atoms with Crippen LogP contribution in [-0.2, 0) is 4.79 Å². The molecule has 25 heavy (non-hydrogen) atoms. The SMILES string of the molecule is CC(C)c1nc([C@H]2CCCN2C(=O)[C@H]2CCOc3ccccc32)no1. The fraction of sp³-hybridized carbons (Fsp3) is 0.526. The van der Waals surface area contributed by atoms with E-state index in [1.54, 1.807) is 0 Å². The van der Waals surface area contributed by atoms with Crippen molar-refractivity contribution in [2.24, 2.45) is 0 Å². The maximum absolute atomic E-state index is 13.3. The molecule has 0 aliphatic carbocycles. The fourth-order valence-electron chi connectivity index (χ4n) is 3.71. The maximum Gasteiger partial charge on any atom is 0.231 e. The summed E-state index contributed by atoms with van der Waals surface area (Å²) in [7, 11) is 0. The van der Waals surface area contributed by atoms with E-state index in [1.165, 1.54) is 0 Å². The Labute approximate surface area is 147 Å². The van der Waals surface area contributed by atoms with Crippen molar-refractivity contribution in [1.29, 1.82) is 0 Å². The van der Waals surface area contributed by atoms with Crippen molar-refractivity contribution in [1.82, 2.24) is 15.0 Å². The van der Waals surface area contributed by atoms with Gasteiger partial charge in [0, 0.05) is 18.0 Å². The number of ether oxygens (including phenoxy) is 1. The summed E-state index contributed by atoms with van der Waals surface area (Å²) in [6.07, 6.45) is 2.56. The minimum Gasteiger partial charge on any atom is -0.493 e. The van der Waals surface area contributed by atoms with E-state index in [4.69, 9.17) is 9.26 Å². The molecular weight excluding hydrogens is 318 g/mol. The molecule has 2 aromatic rings. The largest absolute Gasteiger partial charge is 0.493 e. The molecule has 2 aliphatic rings. The third-order valence-corrected chi connectivity index (χ3v) is 5.04. The summed E-state index contributed by atoms with van der Waals surface area (Å²) in [5, 5.41) is 4.14. The molecule has 132 valence electrons. The molecule has 4 rings (SSSR count). The van der Waals surface area contributed by atoms with Crippen LogP contribution < -0.4 is 4.74 Å². The predicted octanol–water partition coefficient (Wildman–Crippen LogP) is 3.42. The van der Waals surface area contributed by atoms with Crippen LogP contribution >= 0.6 is 0 Å². The Morgan fingerprint density at radius 3 is 2.92 bits per heavy atom. The number of hydrogen-bond donors (Lipinski definition) is 0. The van der Waals surface area contributed by atoms with Crippen molar-refractivity contribution in [2.45, 2.75) is 51.0 Å². The first-order valence-electron chi connectivity index (χ1n) is 9.01. The fourth-order valence-corrected chi connectivity index (χ4v) is 3.71. The zero-order valence-electron chi connectivity index (χ0n) is 14.6. The smallest absolute Gasteiger partial charge is 0.231 e. The number of likely N-dealkylation sites (tertiary alicyclic amines) is 1. The van der Waals surface area contributed by atoms with Crippen LogP contribution in [-0.4, -0.2) is 34.1 Å². The Morgan fingerprint density at radius 1 is 1.28 bits per heavy atom. The Bertz CT molecular complexity index is 771. The molecule has 1 fully saturated rings. The lowest BCUT2D eigenvalue weighted by atomic mass is 9.91. The summed E-state index contributed by atoms with van der Waals surface area (Å²) in [6, 6.07) is 7.75. The number of aromatic nitrogens is 2. The van der Waals surface area contributed by atoms with Crippen LogP contribution in [0.15, 0.2) is 28.8 Å². The van der Waals surface area contributed by atoms with Gasteiger partial charge in [-0.3, -0.25) is 4.79 Å². The monoisotopic (exact) mass is 341 g/mol. The Hall–Kier alpha value is -2.37. The second kappa shape index (κ2) is 6.50. The summed E-state index contributed by atoms with van der Waals surface area (Å²) in [6.45, 7) is 5.36. The van der Waals surface area contributed by atoms with Gasteiger partial charge in [-0.25, -0.2) is 0 Å². The van der Waals surface area contributed by atoms with Gasteiger partial charge in [-0.15, -0.1) is 0 Å². The lowest BCUT2D eigenvalue weighted by Crippen LogP contribution is -2.37. The minimum absolute atomic E-state index is 0.0845. The number of para-hydroxylation sites is 1. The molecule has 1 aromatic carbocycles. The van der Waals surface area contributed by atoms with Crippen LogP contribution in [0.1, 0.15) is 68.3 Å². The lowest BCUT2D eigenvalue weighted by molar-refractivity contribution is -0.134. The van der Waals surface area contributed by atoms with Gasteiger partial charge in [-0.1, -0.05) is 37.2 Å². The van der Waals surface area contributed by atoms with Gasteiger partial charge in [-0.2, -0.15) is 4.98 Å². The van der Waals surface area contributed by atoms with Crippen LogP contribution in [0.2, 0.25) is 0 Å². The van der Waals surface area contributed by atoms with Gasteiger partial charge in [0.05, 0.1) is 18.6 Å². The second-order valence-electron chi connectivity index (χ2n) is 7.06. The van der Waals surface area contributed by atoms with E-state index in [9.17, 15) is 4.79 Å². The number of hydrogen-bond acceptors (Lipinski definition) is 5. The summed E-state index contributed by atoms with van der Waals surface area (Å²) in [5.41, 5.74) is 0.986. The van der Waals surface area contributed by atoms with E-state index >= 15 is 0 Å². The van der Waals surface area contributed by atoms with Crippen molar-refractivity contribution < 1.29 is 14.1 Å². The number of nitrogens with zero attached hydrogens (tertiary/aromatic N) is 3. The van der Waals surface area contributed by atoms with Gasteiger partial charge in [0.1, 0.15) is 5.75 Å². The average Bonchev–Trinajstić information content (AvgIpc) is 3.29. The molecule has 0 unspecified atom stereocenters. The maximum atomic E-state index is 13.3. The first-order valence-corrected chi connectivity index (χ1v) is 9.01. The molecule has 6 nitrogen and oxygen atoms in total. The molecule has 6 heteroatoms. The van der Waals surface area contributed by atoms with Crippen LogP contribution in [0.5, 0.6) is 5.75 Å². The highest BCUT2D eigenvalue weighted by Crippen LogP contribution is 2.39. The predicted molar refractivity (Wildman–Crippen MR) is 91.4 cm³/mol. The van der Waals surface area contributed by atoms with Gasteiger partial charge < -0.3 is 14.2 Å². The van der Waals surface area contributed by atoms with E-state index in [2.05, 4.69) is 10.1 Å². The number of benzene rings is 1. The molecular formula is C19H23N3O3. The lowest BCUT2D eigenvalue weighted by Gasteiger charge is -2.30. The van der Waals surface area contributed by atoms with E-state index in [-0.39, 0.29) is 23.8 Å². The first kappa shape index (κ1) is 16.1. The highest BCUT2D eigenvalue weighted by molar-refractivity contribution is 5.85. The number of rotatable bonds is 3. The minimum atomic E-state index is -0.151. The highest BCUT2D eigenvalue weighted by Gasteiger charge is 2.38. The number of amides is 1. The number of carbonyl (C=O) groups is 1.